The first-order chi connectivity index (χ1) is 10.6. The van der Waals surface area contributed by atoms with E-state index in [9.17, 15) is 9.59 Å². The van der Waals surface area contributed by atoms with Crippen LogP contribution in [-0.4, -0.2) is 28.8 Å². The normalized spacial score (nSPS) is 11.8. The van der Waals surface area contributed by atoms with Crippen LogP contribution < -0.4 is 10.6 Å². The van der Waals surface area contributed by atoms with E-state index in [0.29, 0.717) is 23.6 Å². The van der Waals surface area contributed by atoms with Crippen molar-refractivity contribution in [3.8, 4) is 0 Å². The summed E-state index contributed by atoms with van der Waals surface area (Å²) >= 11 is 0. The Morgan fingerprint density at radius 3 is 2.55 bits per heavy atom. The van der Waals surface area contributed by atoms with E-state index in [0.717, 1.165) is 0 Å². The molecule has 0 saturated heterocycles. The van der Waals surface area contributed by atoms with Gasteiger partial charge >= 0.3 is 0 Å². The van der Waals surface area contributed by atoms with Gasteiger partial charge in [-0.2, -0.15) is 0 Å². The third-order valence-electron chi connectivity index (χ3n) is 3.21. The van der Waals surface area contributed by atoms with Gasteiger partial charge in [0.1, 0.15) is 11.8 Å². The maximum absolute atomic E-state index is 12.2. The lowest BCUT2D eigenvalue weighted by atomic mass is 10.2. The van der Waals surface area contributed by atoms with Crippen LogP contribution in [0.25, 0.3) is 0 Å². The van der Waals surface area contributed by atoms with E-state index in [1.807, 2.05) is 6.92 Å². The molecule has 2 aromatic rings. The van der Waals surface area contributed by atoms with Crippen molar-refractivity contribution in [3.05, 3.63) is 47.4 Å². The van der Waals surface area contributed by atoms with Crippen molar-refractivity contribution in [2.75, 3.05) is 7.05 Å². The van der Waals surface area contributed by atoms with E-state index in [1.54, 1.807) is 31.5 Å². The molecule has 0 radical (unpaired) electrons. The number of oxazole rings is 1. The van der Waals surface area contributed by atoms with Gasteiger partial charge in [0.25, 0.3) is 11.8 Å². The molecule has 2 amide bonds. The zero-order valence-corrected chi connectivity index (χ0v) is 12.7. The molecule has 2 rings (SSSR count). The Labute approximate surface area is 128 Å². The van der Waals surface area contributed by atoms with E-state index in [4.69, 9.17) is 4.42 Å². The Bertz CT molecular complexity index is 667. The number of hydrogen-bond acceptors (Lipinski definition) is 5. The van der Waals surface area contributed by atoms with Crippen LogP contribution in [0.15, 0.2) is 28.9 Å². The predicted molar refractivity (Wildman–Crippen MR) is 79.4 cm³/mol. The highest BCUT2D eigenvalue weighted by Gasteiger charge is 2.23. The molecule has 0 aromatic carbocycles. The molecule has 7 heteroatoms. The van der Waals surface area contributed by atoms with Gasteiger partial charge in [-0.15, -0.1) is 0 Å². The Hall–Kier alpha value is -2.70. The Morgan fingerprint density at radius 2 is 1.95 bits per heavy atom. The number of nitrogens with one attached hydrogen (secondary N) is 2. The molecule has 0 bridgehead atoms. The van der Waals surface area contributed by atoms with Gasteiger partial charge in [-0.05, 0) is 25.5 Å². The van der Waals surface area contributed by atoms with Crippen molar-refractivity contribution < 1.29 is 14.0 Å². The molecule has 0 aliphatic rings. The minimum absolute atomic E-state index is 0.231. The molecule has 2 heterocycles. The molecule has 0 aliphatic heterocycles. The van der Waals surface area contributed by atoms with Crippen molar-refractivity contribution >= 4 is 11.8 Å². The molecular weight excluding hydrogens is 284 g/mol. The first kappa shape index (κ1) is 15.7. The average molecular weight is 302 g/mol. The molecule has 0 fully saturated rings. The minimum Gasteiger partial charge on any atom is -0.443 e. The fourth-order valence-electron chi connectivity index (χ4n) is 1.98. The van der Waals surface area contributed by atoms with Gasteiger partial charge in [-0.25, -0.2) is 4.98 Å². The molecule has 2 N–H and O–H groups in total. The van der Waals surface area contributed by atoms with Crippen molar-refractivity contribution in [1.29, 1.82) is 0 Å². The highest BCUT2D eigenvalue weighted by molar-refractivity contribution is 5.94. The maximum atomic E-state index is 12.2. The molecule has 0 aliphatic carbocycles. The van der Waals surface area contributed by atoms with Crippen LogP contribution in [0.2, 0.25) is 0 Å². The summed E-state index contributed by atoms with van der Waals surface area (Å²) in [6.07, 6.45) is 3.69. The van der Waals surface area contributed by atoms with Crippen LogP contribution in [-0.2, 0) is 0 Å². The van der Waals surface area contributed by atoms with Crippen LogP contribution in [0, 0.1) is 6.92 Å². The van der Waals surface area contributed by atoms with Crippen LogP contribution >= 0.6 is 0 Å². The second-order valence-electron chi connectivity index (χ2n) is 4.71. The van der Waals surface area contributed by atoms with E-state index < -0.39 is 6.04 Å². The molecule has 22 heavy (non-hydrogen) atoms. The van der Waals surface area contributed by atoms with E-state index in [2.05, 4.69) is 20.6 Å². The summed E-state index contributed by atoms with van der Waals surface area (Å²) in [7, 11) is 1.53. The van der Waals surface area contributed by atoms with Gasteiger partial charge in [0.2, 0.25) is 5.89 Å². The van der Waals surface area contributed by atoms with Gasteiger partial charge in [0.15, 0.2) is 5.69 Å². The number of nitrogens with zero attached hydrogens (tertiary/aromatic N) is 2. The summed E-state index contributed by atoms with van der Waals surface area (Å²) in [6.45, 7) is 3.56. The second kappa shape index (κ2) is 6.84. The second-order valence-corrected chi connectivity index (χ2v) is 4.71. The fourth-order valence-corrected chi connectivity index (χ4v) is 1.98. The summed E-state index contributed by atoms with van der Waals surface area (Å²) in [5, 5.41) is 5.35. The molecule has 2 aromatic heterocycles. The lowest BCUT2D eigenvalue weighted by molar-refractivity contribution is 0.0927. The van der Waals surface area contributed by atoms with Gasteiger partial charge in [0, 0.05) is 25.0 Å². The van der Waals surface area contributed by atoms with E-state index >= 15 is 0 Å². The highest BCUT2D eigenvalue weighted by Crippen LogP contribution is 2.20. The largest absolute Gasteiger partial charge is 0.443 e. The van der Waals surface area contributed by atoms with Crippen LogP contribution in [0.4, 0.5) is 0 Å². The molecule has 1 unspecified atom stereocenters. The lowest BCUT2D eigenvalue weighted by Gasteiger charge is -2.13. The zero-order chi connectivity index (χ0) is 16.1. The van der Waals surface area contributed by atoms with Gasteiger partial charge in [-0.3, -0.25) is 14.6 Å². The molecule has 116 valence electrons. The van der Waals surface area contributed by atoms with Crippen LogP contribution in [0.3, 0.4) is 0 Å². The molecular formula is C15H18N4O3. The fraction of sp³-hybridized carbons (Fsp3) is 0.333. The Kier molecular flexibility index (Phi) is 4.88. The van der Waals surface area contributed by atoms with Crippen LogP contribution in [0.5, 0.6) is 0 Å². The average Bonchev–Trinajstić information content (AvgIpc) is 2.94. The highest BCUT2D eigenvalue weighted by atomic mass is 16.4. The first-order valence-electron chi connectivity index (χ1n) is 6.97. The van der Waals surface area contributed by atoms with Crippen molar-refractivity contribution in [3.63, 3.8) is 0 Å². The van der Waals surface area contributed by atoms with Crippen molar-refractivity contribution in [2.45, 2.75) is 26.3 Å². The third-order valence-corrected chi connectivity index (χ3v) is 3.21. The number of aryl methyl sites for hydroxylation is 1. The Balaban J connectivity index is 2.19. The number of rotatable bonds is 5. The number of amides is 2. The number of aromatic nitrogens is 2. The number of pyridine rings is 1. The van der Waals surface area contributed by atoms with E-state index in [-0.39, 0.29) is 17.5 Å². The van der Waals surface area contributed by atoms with E-state index in [1.165, 1.54) is 7.05 Å². The predicted octanol–water partition coefficient (Wildman–Crippen LogP) is 1.62. The summed E-state index contributed by atoms with van der Waals surface area (Å²) in [5.74, 6) is 0.182. The Morgan fingerprint density at radius 1 is 1.27 bits per heavy atom. The smallest absolute Gasteiger partial charge is 0.273 e. The zero-order valence-electron chi connectivity index (χ0n) is 12.7. The molecule has 1 atom stereocenters. The quantitative estimate of drug-likeness (QED) is 0.874. The van der Waals surface area contributed by atoms with Crippen molar-refractivity contribution in [1.82, 2.24) is 20.6 Å². The standard InChI is InChI=1S/C15H18N4O3/c1-4-11(18-13(20)10-5-7-17-8-6-10)15-19-12(9(2)22-15)14(21)16-3/h5-8,11H,4H2,1-3H3,(H,16,21)(H,18,20). The SMILES string of the molecule is CCC(NC(=O)c1ccncc1)c1nc(C(=O)NC)c(C)o1. The lowest BCUT2D eigenvalue weighted by Crippen LogP contribution is -2.28. The molecule has 7 nitrogen and oxygen atoms in total. The topological polar surface area (TPSA) is 97.1 Å². The minimum atomic E-state index is -0.405. The summed E-state index contributed by atoms with van der Waals surface area (Å²) in [4.78, 5) is 31.9. The number of hydrogen-bond donors (Lipinski definition) is 2. The van der Waals surface area contributed by atoms with Gasteiger partial charge in [-0.1, -0.05) is 6.92 Å². The summed E-state index contributed by atoms with van der Waals surface area (Å²) < 4.78 is 5.53. The maximum Gasteiger partial charge on any atom is 0.273 e. The van der Waals surface area contributed by atoms with Gasteiger partial charge in [0.05, 0.1) is 0 Å². The van der Waals surface area contributed by atoms with Gasteiger partial charge < -0.3 is 15.1 Å². The first-order valence-corrected chi connectivity index (χ1v) is 6.97. The summed E-state index contributed by atoms with van der Waals surface area (Å²) in [6, 6.07) is 2.84. The monoisotopic (exact) mass is 302 g/mol. The number of carbonyl (C=O) groups is 2. The van der Waals surface area contributed by atoms with Crippen LogP contribution in [0.1, 0.15) is 51.9 Å². The third kappa shape index (κ3) is 3.30. The number of carbonyl (C=O) groups excluding carboxylic acids is 2. The molecule has 0 spiro atoms. The summed E-state index contributed by atoms with van der Waals surface area (Å²) in [5.41, 5.74) is 0.734. The molecule has 0 saturated carbocycles. The van der Waals surface area contributed by atoms with Crippen molar-refractivity contribution in [2.24, 2.45) is 0 Å².